The third-order valence-corrected chi connectivity index (χ3v) is 5.36. The summed E-state index contributed by atoms with van der Waals surface area (Å²) in [6, 6.07) is 9.82. The second-order valence-corrected chi connectivity index (χ2v) is 7.00. The molecule has 4 heteroatoms. The van der Waals surface area contributed by atoms with E-state index in [1.54, 1.807) is 25.2 Å². The van der Waals surface area contributed by atoms with Crippen molar-refractivity contribution >= 4 is 45.5 Å². The molecule has 0 aliphatic rings. The molecular formula is C13H12ClIOS. The topological polar surface area (TPSA) is 20.2 Å². The zero-order valence-corrected chi connectivity index (χ0v) is 13.2. The molecule has 0 aliphatic carbocycles. The van der Waals surface area contributed by atoms with Crippen molar-refractivity contribution in [3.63, 3.8) is 0 Å². The molecule has 0 saturated heterocycles. The van der Waals surface area contributed by atoms with Crippen LogP contribution in [0.4, 0.5) is 0 Å². The van der Waals surface area contributed by atoms with Crippen molar-refractivity contribution in [3.8, 4) is 10.4 Å². The summed E-state index contributed by atoms with van der Waals surface area (Å²) in [5.74, 6) is 0. The van der Waals surface area contributed by atoms with Crippen molar-refractivity contribution in [1.29, 1.82) is 0 Å². The molecule has 0 bridgehead atoms. The van der Waals surface area contributed by atoms with E-state index < -0.39 is 5.60 Å². The smallest absolute Gasteiger partial charge is 0.0932 e. The normalized spacial score (nSPS) is 11.8. The van der Waals surface area contributed by atoms with Crippen molar-refractivity contribution in [1.82, 2.24) is 0 Å². The average molecular weight is 379 g/mol. The van der Waals surface area contributed by atoms with Gasteiger partial charge in [-0.1, -0.05) is 23.7 Å². The third kappa shape index (κ3) is 3.02. The maximum atomic E-state index is 10.0. The molecule has 0 unspecified atom stereocenters. The maximum absolute atomic E-state index is 10.0. The third-order valence-electron chi connectivity index (χ3n) is 2.40. The van der Waals surface area contributed by atoms with Crippen LogP contribution >= 0.6 is 45.5 Å². The zero-order valence-electron chi connectivity index (χ0n) is 9.50. The van der Waals surface area contributed by atoms with E-state index in [-0.39, 0.29) is 0 Å². The van der Waals surface area contributed by atoms with E-state index in [9.17, 15) is 5.11 Å². The Bertz CT molecular complexity index is 525. The highest BCUT2D eigenvalue weighted by Crippen LogP contribution is 2.38. The van der Waals surface area contributed by atoms with Crippen LogP contribution in [0, 0.1) is 3.57 Å². The summed E-state index contributed by atoms with van der Waals surface area (Å²) in [5.41, 5.74) is 0.356. The Balaban J connectivity index is 2.46. The van der Waals surface area contributed by atoms with E-state index in [2.05, 4.69) is 22.6 Å². The van der Waals surface area contributed by atoms with Gasteiger partial charge in [-0.3, -0.25) is 0 Å². The summed E-state index contributed by atoms with van der Waals surface area (Å²) in [7, 11) is 0. The van der Waals surface area contributed by atoms with Gasteiger partial charge in [0.05, 0.1) is 5.60 Å². The van der Waals surface area contributed by atoms with Gasteiger partial charge >= 0.3 is 0 Å². The van der Waals surface area contributed by atoms with Gasteiger partial charge < -0.3 is 5.11 Å². The number of hydrogen-bond acceptors (Lipinski definition) is 2. The van der Waals surface area contributed by atoms with Crippen LogP contribution < -0.4 is 0 Å². The Hall–Kier alpha value is -0.100. The molecule has 0 spiro atoms. The highest BCUT2D eigenvalue weighted by atomic mass is 127. The molecule has 2 aromatic rings. The molecule has 0 aliphatic heterocycles. The van der Waals surface area contributed by atoms with Gasteiger partial charge in [0.1, 0.15) is 0 Å². The average Bonchev–Trinajstić information content (AvgIpc) is 2.61. The lowest BCUT2D eigenvalue weighted by molar-refractivity contribution is 0.0825. The van der Waals surface area contributed by atoms with E-state index in [1.165, 1.54) is 4.88 Å². The van der Waals surface area contributed by atoms with Gasteiger partial charge in [0.15, 0.2) is 0 Å². The Morgan fingerprint density at radius 1 is 1.24 bits per heavy atom. The fourth-order valence-corrected chi connectivity index (χ4v) is 3.82. The van der Waals surface area contributed by atoms with Crippen LogP contribution in [0.15, 0.2) is 30.3 Å². The standard InChI is InChI=1S/C13H12ClIOS/c1-13(2,16)11-7-10(15)12(17-11)8-3-5-9(14)6-4-8/h3-7,16H,1-2H3. The molecule has 0 radical (unpaired) electrons. The van der Waals surface area contributed by atoms with Crippen LogP contribution in [-0.2, 0) is 5.60 Å². The Kier molecular flexibility index (Phi) is 3.83. The Morgan fingerprint density at radius 3 is 2.29 bits per heavy atom. The lowest BCUT2D eigenvalue weighted by Gasteiger charge is -2.13. The summed E-state index contributed by atoms with van der Waals surface area (Å²) in [6.45, 7) is 3.61. The van der Waals surface area contributed by atoms with Crippen molar-refractivity contribution in [2.24, 2.45) is 0 Å². The number of halogens is 2. The molecule has 1 N–H and O–H groups in total. The Labute approximate surface area is 124 Å². The van der Waals surface area contributed by atoms with Gasteiger partial charge in [-0.2, -0.15) is 0 Å². The molecule has 1 heterocycles. The fraction of sp³-hybridized carbons (Fsp3) is 0.231. The van der Waals surface area contributed by atoms with E-state index in [0.29, 0.717) is 0 Å². The SMILES string of the molecule is CC(C)(O)c1cc(I)c(-c2ccc(Cl)cc2)s1. The van der Waals surface area contributed by atoms with Crippen LogP contribution in [-0.4, -0.2) is 5.11 Å². The second kappa shape index (κ2) is 4.88. The van der Waals surface area contributed by atoms with Crippen molar-refractivity contribution in [2.75, 3.05) is 0 Å². The number of aliphatic hydroxyl groups is 1. The molecule has 0 atom stereocenters. The molecule has 0 saturated carbocycles. The molecule has 2 rings (SSSR count). The predicted molar refractivity (Wildman–Crippen MR) is 82.7 cm³/mol. The molecule has 17 heavy (non-hydrogen) atoms. The first-order valence-electron chi connectivity index (χ1n) is 5.16. The van der Waals surface area contributed by atoms with Gasteiger partial charge in [-0.05, 0) is 60.2 Å². The summed E-state index contributed by atoms with van der Waals surface area (Å²) >= 11 is 9.80. The molecular weight excluding hydrogens is 367 g/mol. The van der Waals surface area contributed by atoms with Crippen molar-refractivity contribution in [2.45, 2.75) is 19.4 Å². The predicted octanol–water partition coefficient (Wildman–Crippen LogP) is 4.90. The highest BCUT2D eigenvalue weighted by molar-refractivity contribution is 14.1. The minimum Gasteiger partial charge on any atom is -0.385 e. The van der Waals surface area contributed by atoms with E-state index in [1.807, 2.05) is 30.3 Å². The van der Waals surface area contributed by atoms with Crippen LogP contribution in [0.5, 0.6) is 0 Å². The minimum absolute atomic E-state index is 0.739. The van der Waals surface area contributed by atoms with E-state index in [4.69, 9.17) is 11.6 Å². The number of thiophene rings is 1. The summed E-state index contributed by atoms with van der Waals surface area (Å²) in [4.78, 5) is 2.16. The van der Waals surface area contributed by atoms with Crippen LogP contribution in [0.3, 0.4) is 0 Å². The lowest BCUT2D eigenvalue weighted by atomic mass is 10.1. The fourth-order valence-electron chi connectivity index (χ4n) is 1.47. The largest absolute Gasteiger partial charge is 0.385 e. The van der Waals surface area contributed by atoms with E-state index >= 15 is 0 Å². The van der Waals surface area contributed by atoms with E-state index in [0.717, 1.165) is 19.0 Å². The molecule has 0 amide bonds. The molecule has 1 aromatic carbocycles. The first-order chi connectivity index (χ1) is 7.88. The molecule has 1 nitrogen and oxygen atoms in total. The monoisotopic (exact) mass is 378 g/mol. The highest BCUT2D eigenvalue weighted by Gasteiger charge is 2.21. The molecule has 90 valence electrons. The number of hydrogen-bond donors (Lipinski definition) is 1. The maximum Gasteiger partial charge on any atom is 0.0932 e. The second-order valence-electron chi connectivity index (χ2n) is 4.35. The van der Waals surface area contributed by atoms with Crippen LogP contribution in [0.2, 0.25) is 5.02 Å². The van der Waals surface area contributed by atoms with Gasteiger partial charge in [0, 0.05) is 18.3 Å². The summed E-state index contributed by atoms with van der Waals surface area (Å²) < 4.78 is 1.16. The van der Waals surface area contributed by atoms with Crippen LogP contribution in [0.1, 0.15) is 18.7 Å². The minimum atomic E-state index is -0.782. The zero-order chi connectivity index (χ0) is 12.6. The number of benzene rings is 1. The van der Waals surface area contributed by atoms with Gasteiger partial charge in [-0.15, -0.1) is 11.3 Å². The molecule has 1 aromatic heterocycles. The quantitative estimate of drug-likeness (QED) is 0.737. The van der Waals surface area contributed by atoms with Crippen molar-refractivity contribution in [3.05, 3.63) is 43.8 Å². The molecule has 0 fully saturated rings. The summed E-state index contributed by atoms with van der Waals surface area (Å²) in [6.07, 6.45) is 0. The lowest BCUT2D eigenvalue weighted by Crippen LogP contribution is -2.12. The van der Waals surface area contributed by atoms with Crippen LogP contribution in [0.25, 0.3) is 10.4 Å². The van der Waals surface area contributed by atoms with Gasteiger partial charge in [-0.25, -0.2) is 0 Å². The Morgan fingerprint density at radius 2 is 1.82 bits per heavy atom. The van der Waals surface area contributed by atoms with Crippen molar-refractivity contribution < 1.29 is 5.11 Å². The summed E-state index contributed by atoms with van der Waals surface area (Å²) in [5, 5.41) is 10.7. The first-order valence-corrected chi connectivity index (χ1v) is 7.43. The van der Waals surface area contributed by atoms with Gasteiger partial charge in [0.25, 0.3) is 0 Å². The number of rotatable bonds is 2. The first kappa shape index (κ1) is 13.3. The van der Waals surface area contributed by atoms with Gasteiger partial charge in [0.2, 0.25) is 0 Å².